The smallest absolute Gasteiger partial charge is 0.129 e. The van der Waals surface area contributed by atoms with Crippen molar-refractivity contribution in [2.75, 3.05) is 7.11 Å². The van der Waals surface area contributed by atoms with Gasteiger partial charge in [-0.05, 0) is 18.2 Å². The van der Waals surface area contributed by atoms with Gasteiger partial charge < -0.3 is 10.5 Å². The van der Waals surface area contributed by atoms with Crippen molar-refractivity contribution in [3.8, 4) is 5.75 Å². The minimum absolute atomic E-state index is 0.0104. The van der Waals surface area contributed by atoms with Gasteiger partial charge in [-0.15, -0.1) is 11.3 Å². The number of nitrogens with zero attached hydrogens (tertiary/aromatic N) is 1. The van der Waals surface area contributed by atoms with Crippen LogP contribution in [0.4, 0.5) is 0 Å². The Bertz CT molecular complexity index is 441. The largest absolute Gasteiger partial charge is 0.496 e. The lowest BCUT2D eigenvalue weighted by atomic mass is 10.1. The van der Waals surface area contributed by atoms with Crippen molar-refractivity contribution in [2.45, 2.75) is 12.5 Å². The van der Waals surface area contributed by atoms with Crippen LogP contribution in [0, 0.1) is 0 Å². The molecule has 0 radical (unpaired) electrons. The maximum atomic E-state index is 6.11. The number of thiophene rings is 1. The molecule has 0 aliphatic heterocycles. The maximum Gasteiger partial charge on any atom is 0.129 e. The standard InChI is InChI=1S/C12H14N2OS/c1-15-10-7-12(16-8-10)11(13)6-9-4-2-3-5-14-9/h2-5,7-8,11H,6,13H2,1H3. The molecule has 2 aromatic rings. The molecule has 16 heavy (non-hydrogen) atoms. The van der Waals surface area contributed by atoms with E-state index in [1.54, 1.807) is 24.6 Å². The molecule has 3 nitrogen and oxygen atoms in total. The zero-order valence-corrected chi connectivity index (χ0v) is 9.91. The van der Waals surface area contributed by atoms with Crippen LogP contribution < -0.4 is 10.5 Å². The van der Waals surface area contributed by atoms with Crippen molar-refractivity contribution in [2.24, 2.45) is 5.73 Å². The van der Waals surface area contributed by atoms with Crippen molar-refractivity contribution >= 4 is 11.3 Å². The first kappa shape index (κ1) is 11.1. The number of ether oxygens (including phenoxy) is 1. The van der Waals surface area contributed by atoms with Crippen LogP contribution >= 0.6 is 11.3 Å². The zero-order chi connectivity index (χ0) is 11.4. The fourth-order valence-corrected chi connectivity index (χ4v) is 2.34. The van der Waals surface area contributed by atoms with Gasteiger partial charge in [-0.25, -0.2) is 0 Å². The summed E-state index contributed by atoms with van der Waals surface area (Å²) in [7, 11) is 1.66. The van der Waals surface area contributed by atoms with Gasteiger partial charge in [-0.1, -0.05) is 6.07 Å². The highest BCUT2D eigenvalue weighted by atomic mass is 32.1. The maximum absolute atomic E-state index is 6.11. The van der Waals surface area contributed by atoms with Crippen LogP contribution in [0.15, 0.2) is 35.8 Å². The summed E-state index contributed by atoms with van der Waals surface area (Å²) in [6.45, 7) is 0. The molecule has 0 bridgehead atoms. The Hall–Kier alpha value is -1.39. The summed E-state index contributed by atoms with van der Waals surface area (Å²) >= 11 is 1.62. The Balaban J connectivity index is 2.05. The Morgan fingerprint density at radius 3 is 3.00 bits per heavy atom. The molecule has 0 fully saturated rings. The van der Waals surface area contributed by atoms with Gasteiger partial charge >= 0.3 is 0 Å². The SMILES string of the molecule is COc1csc(C(N)Cc2ccccn2)c1. The minimum Gasteiger partial charge on any atom is -0.496 e. The molecular formula is C12H14N2OS. The minimum atomic E-state index is -0.0104. The molecule has 0 aliphatic carbocycles. The predicted octanol–water partition coefficient (Wildman–Crippen LogP) is 2.39. The van der Waals surface area contributed by atoms with Crippen molar-refractivity contribution in [1.82, 2.24) is 4.98 Å². The van der Waals surface area contributed by atoms with Crippen LogP contribution in [-0.4, -0.2) is 12.1 Å². The topological polar surface area (TPSA) is 48.1 Å². The highest BCUT2D eigenvalue weighted by Gasteiger charge is 2.10. The molecule has 0 amide bonds. The molecule has 2 rings (SSSR count). The van der Waals surface area contributed by atoms with Crippen LogP contribution in [0.2, 0.25) is 0 Å². The van der Waals surface area contributed by atoms with E-state index in [-0.39, 0.29) is 6.04 Å². The third-order valence-electron chi connectivity index (χ3n) is 2.35. The fourth-order valence-electron chi connectivity index (χ4n) is 1.48. The Morgan fingerprint density at radius 2 is 2.38 bits per heavy atom. The van der Waals surface area contributed by atoms with Crippen molar-refractivity contribution in [3.63, 3.8) is 0 Å². The van der Waals surface area contributed by atoms with E-state index in [0.29, 0.717) is 0 Å². The predicted molar refractivity (Wildman–Crippen MR) is 65.7 cm³/mol. The number of hydrogen-bond acceptors (Lipinski definition) is 4. The van der Waals surface area contributed by atoms with Crippen LogP contribution in [0.3, 0.4) is 0 Å². The normalized spacial score (nSPS) is 12.4. The molecular weight excluding hydrogens is 220 g/mol. The fraction of sp³-hybridized carbons (Fsp3) is 0.250. The molecule has 0 saturated heterocycles. The molecule has 0 spiro atoms. The average molecular weight is 234 g/mol. The summed E-state index contributed by atoms with van der Waals surface area (Å²) in [6.07, 6.45) is 2.54. The highest BCUT2D eigenvalue weighted by molar-refractivity contribution is 7.10. The molecule has 4 heteroatoms. The molecule has 2 N–H and O–H groups in total. The lowest BCUT2D eigenvalue weighted by molar-refractivity contribution is 0.416. The molecule has 2 aromatic heterocycles. The van der Waals surface area contributed by atoms with E-state index in [0.717, 1.165) is 22.7 Å². The van der Waals surface area contributed by atoms with Crippen LogP contribution in [0.25, 0.3) is 0 Å². The van der Waals surface area contributed by atoms with Gasteiger partial charge in [0.15, 0.2) is 0 Å². The molecule has 0 aromatic carbocycles. The number of nitrogens with two attached hydrogens (primary N) is 1. The molecule has 0 aliphatic rings. The van der Waals surface area contributed by atoms with E-state index >= 15 is 0 Å². The lowest BCUT2D eigenvalue weighted by Crippen LogP contribution is -2.12. The number of aromatic nitrogens is 1. The summed E-state index contributed by atoms with van der Waals surface area (Å²) in [4.78, 5) is 5.39. The van der Waals surface area contributed by atoms with Gasteiger partial charge in [0.1, 0.15) is 5.75 Å². The van der Waals surface area contributed by atoms with Crippen LogP contribution in [0.1, 0.15) is 16.6 Å². The quantitative estimate of drug-likeness (QED) is 0.883. The van der Waals surface area contributed by atoms with Gasteiger partial charge in [0, 0.05) is 34.6 Å². The van der Waals surface area contributed by atoms with Gasteiger partial charge in [0.25, 0.3) is 0 Å². The van der Waals surface area contributed by atoms with Crippen molar-refractivity contribution in [3.05, 3.63) is 46.4 Å². The molecule has 2 heterocycles. The number of methoxy groups -OCH3 is 1. The van der Waals surface area contributed by atoms with Gasteiger partial charge in [0.2, 0.25) is 0 Å². The molecule has 1 unspecified atom stereocenters. The second kappa shape index (κ2) is 5.09. The van der Waals surface area contributed by atoms with Crippen LogP contribution in [-0.2, 0) is 6.42 Å². The summed E-state index contributed by atoms with van der Waals surface area (Å²) in [5.41, 5.74) is 7.13. The van der Waals surface area contributed by atoms with Crippen LogP contribution in [0.5, 0.6) is 5.75 Å². The average Bonchev–Trinajstić information content (AvgIpc) is 2.79. The van der Waals surface area contributed by atoms with Gasteiger partial charge in [-0.3, -0.25) is 4.98 Å². The second-order valence-corrected chi connectivity index (χ2v) is 4.46. The van der Waals surface area contributed by atoms with E-state index in [1.165, 1.54) is 0 Å². The first-order valence-corrected chi connectivity index (χ1v) is 5.95. The summed E-state index contributed by atoms with van der Waals surface area (Å²) in [5, 5.41) is 1.97. The number of rotatable bonds is 4. The van der Waals surface area contributed by atoms with Crippen molar-refractivity contribution < 1.29 is 4.74 Å². The van der Waals surface area contributed by atoms with E-state index in [4.69, 9.17) is 10.5 Å². The zero-order valence-electron chi connectivity index (χ0n) is 9.09. The third-order valence-corrected chi connectivity index (χ3v) is 3.39. The van der Waals surface area contributed by atoms with E-state index in [2.05, 4.69) is 4.98 Å². The Kier molecular flexibility index (Phi) is 3.54. The summed E-state index contributed by atoms with van der Waals surface area (Å²) < 4.78 is 5.13. The first-order chi connectivity index (χ1) is 7.79. The molecule has 84 valence electrons. The molecule has 0 saturated carbocycles. The van der Waals surface area contributed by atoms with Gasteiger partial charge in [0.05, 0.1) is 7.11 Å². The Labute approximate surface area is 98.9 Å². The third kappa shape index (κ3) is 2.59. The summed E-state index contributed by atoms with van der Waals surface area (Å²) in [5.74, 6) is 0.872. The Morgan fingerprint density at radius 1 is 1.50 bits per heavy atom. The van der Waals surface area contributed by atoms with Gasteiger partial charge in [-0.2, -0.15) is 0 Å². The number of pyridine rings is 1. The first-order valence-electron chi connectivity index (χ1n) is 5.07. The van der Waals surface area contributed by atoms with E-state index in [1.807, 2.05) is 29.6 Å². The molecule has 1 atom stereocenters. The number of hydrogen-bond donors (Lipinski definition) is 1. The monoisotopic (exact) mass is 234 g/mol. The lowest BCUT2D eigenvalue weighted by Gasteiger charge is -2.08. The van der Waals surface area contributed by atoms with Crippen molar-refractivity contribution in [1.29, 1.82) is 0 Å². The summed E-state index contributed by atoms with van der Waals surface area (Å²) in [6, 6.07) is 7.85. The van der Waals surface area contributed by atoms with E-state index < -0.39 is 0 Å². The highest BCUT2D eigenvalue weighted by Crippen LogP contribution is 2.27. The second-order valence-electron chi connectivity index (χ2n) is 3.52. The van der Waals surface area contributed by atoms with E-state index in [9.17, 15) is 0 Å².